The van der Waals surface area contributed by atoms with E-state index in [0.29, 0.717) is 0 Å². The van der Waals surface area contributed by atoms with Crippen molar-refractivity contribution in [1.82, 2.24) is 0 Å². The zero-order valence-electron chi connectivity index (χ0n) is 12.7. The molecule has 0 bridgehead atoms. The van der Waals surface area contributed by atoms with Gasteiger partial charge < -0.3 is 5.32 Å². The molecule has 0 radical (unpaired) electrons. The minimum atomic E-state index is 0.214. The maximum Gasteiger partial charge on any atom is 0.0400 e. The molecule has 0 aliphatic carbocycles. The zero-order valence-corrected chi connectivity index (χ0v) is 13.6. The van der Waals surface area contributed by atoms with Crippen molar-refractivity contribution in [3.63, 3.8) is 0 Å². The molecule has 2 rings (SSSR count). The molecule has 20 heavy (non-hydrogen) atoms. The van der Waals surface area contributed by atoms with Crippen molar-refractivity contribution >= 4 is 17.4 Å². The Bertz CT molecular complexity index is 535. The van der Waals surface area contributed by atoms with E-state index in [4.69, 9.17) is 0 Å². The number of nitrogens with one attached hydrogen (secondary N) is 1. The van der Waals surface area contributed by atoms with Gasteiger partial charge in [0.15, 0.2) is 0 Å². The third-order valence-electron chi connectivity index (χ3n) is 3.41. The van der Waals surface area contributed by atoms with Gasteiger partial charge in [-0.1, -0.05) is 45.0 Å². The first-order valence-electron chi connectivity index (χ1n) is 6.96. The monoisotopic (exact) mass is 285 g/mol. The minimum absolute atomic E-state index is 0.214. The van der Waals surface area contributed by atoms with E-state index in [9.17, 15) is 0 Å². The highest BCUT2D eigenvalue weighted by atomic mass is 32.2. The Labute approximate surface area is 126 Å². The minimum Gasteiger partial charge on any atom is -0.381 e. The molecule has 1 nitrogen and oxygen atoms in total. The fourth-order valence-corrected chi connectivity index (χ4v) is 2.44. The van der Waals surface area contributed by atoms with E-state index in [2.05, 4.69) is 80.9 Å². The lowest BCUT2D eigenvalue weighted by Gasteiger charge is -2.19. The average molecular weight is 285 g/mol. The van der Waals surface area contributed by atoms with Crippen LogP contribution in [-0.2, 0) is 12.0 Å². The molecule has 0 aromatic heterocycles. The molecule has 0 saturated heterocycles. The summed E-state index contributed by atoms with van der Waals surface area (Å²) < 4.78 is 0. The average Bonchev–Trinajstić information content (AvgIpc) is 2.45. The van der Waals surface area contributed by atoms with E-state index < -0.39 is 0 Å². The molecular weight excluding hydrogens is 262 g/mol. The fourth-order valence-electron chi connectivity index (χ4n) is 2.04. The smallest absolute Gasteiger partial charge is 0.0400 e. The van der Waals surface area contributed by atoms with E-state index in [1.165, 1.54) is 21.7 Å². The normalized spacial score (nSPS) is 11.4. The molecule has 0 aliphatic heterocycles. The molecule has 0 spiro atoms. The second-order valence-electron chi connectivity index (χ2n) is 6.03. The molecule has 2 aromatic rings. The lowest BCUT2D eigenvalue weighted by Crippen LogP contribution is -2.10. The van der Waals surface area contributed by atoms with Crippen LogP contribution in [0.1, 0.15) is 31.9 Å². The van der Waals surface area contributed by atoms with Gasteiger partial charge in [0, 0.05) is 17.1 Å². The summed E-state index contributed by atoms with van der Waals surface area (Å²) in [7, 11) is 0. The second-order valence-corrected chi connectivity index (χ2v) is 6.91. The third kappa shape index (κ3) is 4.04. The summed E-state index contributed by atoms with van der Waals surface area (Å²) in [5, 5.41) is 3.47. The SMILES string of the molecule is CSc1ccc(CNc2ccc(C(C)(C)C)cc2)cc1. The number of anilines is 1. The Balaban J connectivity index is 1.96. The molecule has 0 atom stereocenters. The Morgan fingerprint density at radius 1 is 0.900 bits per heavy atom. The molecule has 2 aromatic carbocycles. The van der Waals surface area contributed by atoms with Crippen LogP contribution in [0.25, 0.3) is 0 Å². The van der Waals surface area contributed by atoms with E-state index in [1.807, 2.05) is 0 Å². The number of rotatable bonds is 4. The van der Waals surface area contributed by atoms with Gasteiger partial charge in [0.1, 0.15) is 0 Å². The van der Waals surface area contributed by atoms with Crippen LogP contribution >= 0.6 is 11.8 Å². The maximum absolute atomic E-state index is 3.47. The first-order valence-corrected chi connectivity index (χ1v) is 8.19. The molecule has 2 heteroatoms. The molecule has 106 valence electrons. The Morgan fingerprint density at radius 2 is 1.50 bits per heavy atom. The van der Waals surface area contributed by atoms with Crippen molar-refractivity contribution in [2.45, 2.75) is 37.6 Å². The second kappa shape index (κ2) is 6.36. The Kier molecular flexibility index (Phi) is 4.77. The molecule has 1 N–H and O–H groups in total. The number of hydrogen-bond acceptors (Lipinski definition) is 2. The summed E-state index contributed by atoms with van der Waals surface area (Å²) in [5.74, 6) is 0. The van der Waals surface area contributed by atoms with E-state index in [0.717, 1.165) is 6.54 Å². The quantitative estimate of drug-likeness (QED) is 0.763. The van der Waals surface area contributed by atoms with Crippen LogP contribution in [0.4, 0.5) is 5.69 Å². The largest absolute Gasteiger partial charge is 0.381 e. The van der Waals surface area contributed by atoms with Crippen LogP contribution in [0.3, 0.4) is 0 Å². The van der Waals surface area contributed by atoms with Gasteiger partial charge >= 0.3 is 0 Å². The van der Waals surface area contributed by atoms with Crippen molar-refractivity contribution in [3.8, 4) is 0 Å². The van der Waals surface area contributed by atoms with Crippen LogP contribution in [0.5, 0.6) is 0 Å². The molecule has 0 fully saturated rings. The van der Waals surface area contributed by atoms with Crippen LogP contribution in [0.15, 0.2) is 53.4 Å². The van der Waals surface area contributed by atoms with Gasteiger partial charge in [-0.25, -0.2) is 0 Å². The van der Waals surface area contributed by atoms with Gasteiger partial charge in [-0.15, -0.1) is 11.8 Å². The van der Waals surface area contributed by atoms with Crippen LogP contribution in [-0.4, -0.2) is 6.26 Å². The topological polar surface area (TPSA) is 12.0 Å². The zero-order chi connectivity index (χ0) is 14.6. The summed E-state index contributed by atoms with van der Waals surface area (Å²) in [6.07, 6.45) is 2.10. The van der Waals surface area contributed by atoms with Crippen molar-refractivity contribution in [1.29, 1.82) is 0 Å². The van der Waals surface area contributed by atoms with Gasteiger partial charge in [-0.05, 0) is 47.1 Å². The lowest BCUT2D eigenvalue weighted by atomic mass is 9.87. The summed E-state index contributed by atoms with van der Waals surface area (Å²) >= 11 is 1.78. The predicted octanol–water partition coefficient (Wildman–Crippen LogP) is 5.32. The molecular formula is C18H23NS. The van der Waals surface area contributed by atoms with Gasteiger partial charge in [0.2, 0.25) is 0 Å². The van der Waals surface area contributed by atoms with Gasteiger partial charge in [-0.2, -0.15) is 0 Å². The highest BCUT2D eigenvalue weighted by Gasteiger charge is 2.12. The van der Waals surface area contributed by atoms with Crippen molar-refractivity contribution in [2.75, 3.05) is 11.6 Å². The third-order valence-corrected chi connectivity index (χ3v) is 4.15. The van der Waals surface area contributed by atoms with Crippen LogP contribution in [0, 0.1) is 0 Å². The molecule has 0 saturated carbocycles. The van der Waals surface area contributed by atoms with Crippen molar-refractivity contribution in [3.05, 3.63) is 59.7 Å². The number of thioether (sulfide) groups is 1. The number of benzene rings is 2. The first kappa shape index (κ1) is 15.0. The highest BCUT2D eigenvalue weighted by molar-refractivity contribution is 7.98. The molecule has 0 unspecified atom stereocenters. The van der Waals surface area contributed by atoms with Crippen molar-refractivity contribution in [2.24, 2.45) is 0 Å². The standard InChI is InChI=1S/C18H23NS/c1-18(2,3)15-7-9-16(10-8-15)19-13-14-5-11-17(20-4)12-6-14/h5-12,19H,13H2,1-4H3. The van der Waals surface area contributed by atoms with Crippen LogP contribution < -0.4 is 5.32 Å². The summed E-state index contributed by atoms with van der Waals surface area (Å²) in [5.41, 5.74) is 4.06. The fraction of sp³-hybridized carbons (Fsp3) is 0.333. The molecule has 0 aliphatic rings. The van der Waals surface area contributed by atoms with Gasteiger partial charge in [-0.3, -0.25) is 0 Å². The van der Waals surface area contributed by atoms with E-state index >= 15 is 0 Å². The lowest BCUT2D eigenvalue weighted by molar-refractivity contribution is 0.590. The number of hydrogen-bond donors (Lipinski definition) is 1. The molecule has 0 amide bonds. The highest BCUT2D eigenvalue weighted by Crippen LogP contribution is 2.23. The molecule has 0 heterocycles. The predicted molar refractivity (Wildman–Crippen MR) is 90.7 cm³/mol. The maximum atomic E-state index is 3.47. The summed E-state index contributed by atoms with van der Waals surface area (Å²) in [6.45, 7) is 7.58. The van der Waals surface area contributed by atoms with Crippen molar-refractivity contribution < 1.29 is 0 Å². The van der Waals surface area contributed by atoms with Crippen LogP contribution in [0.2, 0.25) is 0 Å². The Hall–Kier alpha value is -1.41. The van der Waals surface area contributed by atoms with Gasteiger partial charge in [0.05, 0.1) is 0 Å². The van der Waals surface area contributed by atoms with Gasteiger partial charge in [0.25, 0.3) is 0 Å². The van der Waals surface area contributed by atoms with E-state index in [1.54, 1.807) is 11.8 Å². The first-order chi connectivity index (χ1) is 9.49. The Morgan fingerprint density at radius 3 is 2.00 bits per heavy atom. The summed E-state index contributed by atoms with van der Waals surface area (Å²) in [6, 6.07) is 17.4. The summed E-state index contributed by atoms with van der Waals surface area (Å²) in [4.78, 5) is 1.31. The van der Waals surface area contributed by atoms with E-state index in [-0.39, 0.29) is 5.41 Å².